The Morgan fingerprint density at radius 3 is 2.46 bits per heavy atom. The normalized spacial score (nSPS) is 24.9. The zero-order valence-corrected chi connectivity index (χ0v) is 16.2. The highest BCUT2D eigenvalue weighted by molar-refractivity contribution is 5.44. The smallest absolute Gasteiger partial charge is 0.110 e. The van der Waals surface area contributed by atoms with Crippen molar-refractivity contribution in [3.05, 3.63) is 70.3 Å². The summed E-state index contributed by atoms with van der Waals surface area (Å²) in [6, 6.07) is 16.1. The maximum atomic E-state index is 10.1. The SMILES string of the molecule is CC(C)c1ccc(Cc2cc([C@H]3CC(O)C(O)[C@@H](CO)O3)ccc2C#N)cc1. The molecular formula is C23H27NO4. The van der Waals surface area contributed by atoms with Crippen LogP contribution in [0, 0.1) is 11.3 Å². The molecule has 1 aliphatic heterocycles. The van der Waals surface area contributed by atoms with Crippen molar-refractivity contribution in [2.75, 3.05) is 6.61 Å². The van der Waals surface area contributed by atoms with Crippen molar-refractivity contribution in [2.45, 2.75) is 57.0 Å². The number of ether oxygens (including phenoxy) is 1. The fourth-order valence-corrected chi connectivity index (χ4v) is 3.63. The first-order valence-corrected chi connectivity index (χ1v) is 9.67. The number of hydrogen-bond donors (Lipinski definition) is 3. The molecule has 0 amide bonds. The summed E-state index contributed by atoms with van der Waals surface area (Å²) in [5.41, 5.74) is 4.72. The van der Waals surface area contributed by atoms with Gasteiger partial charge in [0.2, 0.25) is 0 Å². The Morgan fingerprint density at radius 1 is 1.14 bits per heavy atom. The molecule has 148 valence electrons. The van der Waals surface area contributed by atoms with Crippen LogP contribution < -0.4 is 0 Å². The molecule has 2 aromatic rings. The van der Waals surface area contributed by atoms with Gasteiger partial charge in [-0.15, -0.1) is 0 Å². The van der Waals surface area contributed by atoms with Gasteiger partial charge in [-0.25, -0.2) is 0 Å². The lowest BCUT2D eigenvalue weighted by Gasteiger charge is -2.36. The molecule has 0 aromatic heterocycles. The van der Waals surface area contributed by atoms with E-state index in [-0.39, 0.29) is 13.0 Å². The number of nitrogens with zero attached hydrogens (tertiary/aromatic N) is 1. The number of benzene rings is 2. The number of aliphatic hydroxyl groups excluding tert-OH is 3. The molecule has 0 spiro atoms. The first-order valence-electron chi connectivity index (χ1n) is 9.67. The van der Waals surface area contributed by atoms with E-state index in [0.29, 0.717) is 17.9 Å². The predicted octanol–water partition coefficient (Wildman–Crippen LogP) is 2.82. The summed E-state index contributed by atoms with van der Waals surface area (Å²) >= 11 is 0. The van der Waals surface area contributed by atoms with Gasteiger partial charge in [0.1, 0.15) is 12.2 Å². The highest BCUT2D eigenvalue weighted by Gasteiger charge is 2.37. The Morgan fingerprint density at radius 2 is 1.86 bits per heavy atom. The second-order valence-corrected chi connectivity index (χ2v) is 7.74. The summed E-state index contributed by atoms with van der Waals surface area (Å²) in [4.78, 5) is 0. The summed E-state index contributed by atoms with van der Waals surface area (Å²) < 4.78 is 5.78. The van der Waals surface area contributed by atoms with Crippen LogP contribution in [-0.4, -0.2) is 40.2 Å². The van der Waals surface area contributed by atoms with Gasteiger partial charge in [0.25, 0.3) is 0 Å². The quantitative estimate of drug-likeness (QED) is 0.740. The van der Waals surface area contributed by atoms with E-state index in [9.17, 15) is 20.6 Å². The lowest BCUT2D eigenvalue weighted by molar-refractivity contribution is -0.181. The Balaban J connectivity index is 1.85. The zero-order chi connectivity index (χ0) is 20.3. The van der Waals surface area contributed by atoms with Crippen molar-refractivity contribution in [1.82, 2.24) is 0 Å². The third-order valence-corrected chi connectivity index (χ3v) is 5.41. The van der Waals surface area contributed by atoms with Crippen LogP contribution in [0.15, 0.2) is 42.5 Å². The van der Waals surface area contributed by atoms with E-state index in [0.717, 1.165) is 16.7 Å². The molecule has 2 aromatic carbocycles. The van der Waals surface area contributed by atoms with E-state index in [1.165, 1.54) is 5.56 Å². The van der Waals surface area contributed by atoms with Gasteiger partial charge >= 0.3 is 0 Å². The fourth-order valence-electron chi connectivity index (χ4n) is 3.63. The molecule has 3 N–H and O–H groups in total. The molecule has 4 atom stereocenters. The lowest BCUT2D eigenvalue weighted by atomic mass is 9.90. The third-order valence-electron chi connectivity index (χ3n) is 5.41. The Bertz CT molecular complexity index is 841. The van der Waals surface area contributed by atoms with Gasteiger partial charge in [-0.3, -0.25) is 0 Å². The van der Waals surface area contributed by atoms with Gasteiger partial charge in [-0.2, -0.15) is 5.26 Å². The van der Waals surface area contributed by atoms with Gasteiger partial charge in [0.05, 0.1) is 30.4 Å². The van der Waals surface area contributed by atoms with Gasteiger partial charge in [-0.05, 0) is 40.7 Å². The van der Waals surface area contributed by atoms with Crippen LogP contribution in [-0.2, 0) is 11.2 Å². The Labute approximate surface area is 165 Å². The fraction of sp³-hybridized carbons (Fsp3) is 0.435. The molecule has 0 bridgehead atoms. The minimum atomic E-state index is -1.10. The Hall–Kier alpha value is -2.23. The summed E-state index contributed by atoms with van der Waals surface area (Å²) in [6.07, 6.45) is -2.46. The van der Waals surface area contributed by atoms with Crippen molar-refractivity contribution in [1.29, 1.82) is 5.26 Å². The highest BCUT2D eigenvalue weighted by atomic mass is 16.5. The van der Waals surface area contributed by atoms with E-state index in [1.807, 2.05) is 12.1 Å². The molecule has 1 heterocycles. The first-order chi connectivity index (χ1) is 13.4. The van der Waals surface area contributed by atoms with Crippen molar-refractivity contribution in [2.24, 2.45) is 0 Å². The van der Waals surface area contributed by atoms with Crippen molar-refractivity contribution < 1.29 is 20.1 Å². The summed E-state index contributed by atoms with van der Waals surface area (Å²) in [6.45, 7) is 3.95. The molecule has 3 rings (SSSR count). The second kappa shape index (κ2) is 8.85. The Kier molecular flexibility index (Phi) is 6.48. The first kappa shape index (κ1) is 20.5. The summed E-state index contributed by atoms with van der Waals surface area (Å²) in [7, 11) is 0. The third kappa shape index (κ3) is 4.43. The molecule has 28 heavy (non-hydrogen) atoms. The van der Waals surface area contributed by atoms with E-state index < -0.39 is 24.4 Å². The monoisotopic (exact) mass is 381 g/mol. The van der Waals surface area contributed by atoms with Crippen LogP contribution in [0.3, 0.4) is 0 Å². The molecule has 0 radical (unpaired) electrons. The number of nitriles is 1. The van der Waals surface area contributed by atoms with Crippen LogP contribution >= 0.6 is 0 Å². The van der Waals surface area contributed by atoms with Crippen molar-refractivity contribution >= 4 is 0 Å². The second-order valence-electron chi connectivity index (χ2n) is 7.74. The maximum Gasteiger partial charge on any atom is 0.110 e. The van der Waals surface area contributed by atoms with Crippen LogP contribution in [0.4, 0.5) is 0 Å². The average Bonchev–Trinajstić information content (AvgIpc) is 2.70. The van der Waals surface area contributed by atoms with E-state index in [4.69, 9.17) is 4.74 Å². The van der Waals surface area contributed by atoms with Crippen LogP contribution in [0.25, 0.3) is 0 Å². The molecule has 1 saturated heterocycles. The number of hydrogen-bond acceptors (Lipinski definition) is 5. The summed E-state index contributed by atoms with van der Waals surface area (Å²) in [5, 5.41) is 38.9. The van der Waals surface area contributed by atoms with E-state index in [2.05, 4.69) is 44.2 Å². The van der Waals surface area contributed by atoms with Gasteiger partial charge in [0.15, 0.2) is 0 Å². The average molecular weight is 381 g/mol. The topological polar surface area (TPSA) is 93.7 Å². The van der Waals surface area contributed by atoms with E-state index in [1.54, 1.807) is 6.07 Å². The highest BCUT2D eigenvalue weighted by Crippen LogP contribution is 2.33. The predicted molar refractivity (Wildman–Crippen MR) is 106 cm³/mol. The number of aliphatic hydroxyl groups is 3. The van der Waals surface area contributed by atoms with Crippen LogP contribution in [0.2, 0.25) is 0 Å². The molecule has 5 nitrogen and oxygen atoms in total. The minimum absolute atomic E-state index is 0.242. The van der Waals surface area contributed by atoms with Gasteiger partial charge in [-0.1, -0.05) is 50.2 Å². The molecule has 0 aliphatic carbocycles. The molecule has 1 fully saturated rings. The van der Waals surface area contributed by atoms with Crippen LogP contribution in [0.5, 0.6) is 0 Å². The molecule has 0 saturated carbocycles. The van der Waals surface area contributed by atoms with Gasteiger partial charge < -0.3 is 20.1 Å². The lowest BCUT2D eigenvalue weighted by Crippen LogP contribution is -2.47. The van der Waals surface area contributed by atoms with Gasteiger partial charge in [0, 0.05) is 6.42 Å². The standard InChI is InChI=1S/C23H27NO4/c1-14(2)16-5-3-15(4-6-16)9-19-10-17(7-8-18(19)12-24)21-11-20(26)23(27)22(13-25)28-21/h3-8,10,14,20-23,25-27H,9,11,13H2,1-2H3/t20?,21-,22-,23?/m1/s1. The van der Waals surface area contributed by atoms with Crippen molar-refractivity contribution in [3.63, 3.8) is 0 Å². The maximum absolute atomic E-state index is 10.1. The molecule has 5 heteroatoms. The zero-order valence-electron chi connectivity index (χ0n) is 16.2. The minimum Gasteiger partial charge on any atom is -0.394 e. The largest absolute Gasteiger partial charge is 0.394 e. The van der Waals surface area contributed by atoms with E-state index >= 15 is 0 Å². The number of rotatable bonds is 5. The summed E-state index contributed by atoms with van der Waals surface area (Å²) in [5.74, 6) is 0.469. The van der Waals surface area contributed by atoms with Crippen molar-refractivity contribution in [3.8, 4) is 6.07 Å². The van der Waals surface area contributed by atoms with Crippen LogP contribution in [0.1, 0.15) is 60.1 Å². The molecular weight excluding hydrogens is 354 g/mol. The molecule has 2 unspecified atom stereocenters. The molecule has 1 aliphatic rings.